The van der Waals surface area contributed by atoms with E-state index in [2.05, 4.69) is 5.32 Å². The van der Waals surface area contributed by atoms with Gasteiger partial charge in [0, 0.05) is 12.6 Å². The van der Waals surface area contributed by atoms with E-state index >= 15 is 0 Å². The number of hydrogen-bond acceptors (Lipinski definition) is 3. The van der Waals surface area contributed by atoms with Crippen molar-refractivity contribution in [3.63, 3.8) is 0 Å². The van der Waals surface area contributed by atoms with Gasteiger partial charge in [-0.15, -0.1) is 0 Å². The Labute approximate surface area is 89.8 Å². The second-order valence-corrected chi connectivity index (χ2v) is 4.36. The lowest BCUT2D eigenvalue weighted by Crippen LogP contribution is -2.42. The van der Waals surface area contributed by atoms with Crippen molar-refractivity contribution in [3.05, 3.63) is 35.9 Å². The van der Waals surface area contributed by atoms with Crippen LogP contribution in [0.2, 0.25) is 0 Å². The van der Waals surface area contributed by atoms with E-state index < -0.39 is 5.60 Å². The SMILES string of the molecule is CC(O)(c1ccccc1)[C@@H]1C[C@@H](O)CN1. The minimum atomic E-state index is -0.918. The molecule has 3 heteroatoms. The van der Waals surface area contributed by atoms with Crippen LogP contribution < -0.4 is 5.32 Å². The summed E-state index contributed by atoms with van der Waals surface area (Å²) >= 11 is 0. The normalized spacial score (nSPS) is 30.1. The molecule has 0 aromatic heterocycles. The Morgan fingerprint density at radius 1 is 1.33 bits per heavy atom. The van der Waals surface area contributed by atoms with Crippen LogP contribution in [0.15, 0.2) is 30.3 Å². The molecule has 0 spiro atoms. The highest BCUT2D eigenvalue weighted by Gasteiger charge is 2.38. The Kier molecular flexibility index (Phi) is 2.78. The highest BCUT2D eigenvalue weighted by atomic mass is 16.3. The largest absolute Gasteiger partial charge is 0.392 e. The molecule has 1 heterocycles. The van der Waals surface area contributed by atoms with Crippen LogP contribution in [0.25, 0.3) is 0 Å². The van der Waals surface area contributed by atoms with Gasteiger partial charge in [0.05, 0.1) is 6.10 Å². The monoisotopic (exact) mass is 207 g/mol. The molecule has 1 unspecified atom stereocenters. The van der Waals surface area contributed by atoms with E-state index in [4.69, 9.17) is 0 Å². The standard InChI is InChI=1S/C12H17NO2/c1-12(15,9-5-3-2-4-6-9)11-7-10(14)8-13-11/h2-6,10-11,13-15H,7-8H2,1H3/t10-,11+,12?/m1/s1. The zero-order valence-corrected chi connectivity index (χ0v) is 8.85. The van der Waals surface area contributed by atoms with Crippen molar-refractivity contribution in [2.24, 2.45) is 0 Å². The number of benzene rings is 1. The fourth-order valence-corrected chi connectivity index (χ4v) is 2.12. The summed E-state index contributed by atoms with van der Waals surface area (Å²) in [5, 5.41) is 23.0. The first-order valence-corrected chi connectivity index (χ1v) is 5.30. The third kappa shape index (κ3) is 2.04. The van der Waals surface area contributed by atoms with Crippen LogP contribution in [0, 0.1) is 0 Å². The quantitative estimate of drug-likeness (QED) is 0.666. The van der Waals surface area contributed by atoms with Crippen LogP contribution in [0.4, 0.5) is 0 Å². The summed E-state index contributed by atoms with van der Waals surface area (Å²) in [5.74, 6) is 0. The molecule has 0 bridgehead atoms. The van der Waals surface area contributed by atoms with Crippen molar-refractivity contribution in [2.75, 3.05) is 6.54 Å². The summed E-state index contributed by atoms with van der Waals surface area (Å²) in [6.45, 7) is 2.35. The van der Waals surface area contributed by atoms with E-state index in [1.54, 1.807) is 6.92 Å². The van der Waals surface area contributed by atoms with E-state index in [1.165, 1.54) is 0 Å². The van der Waals surface area contributed by atoms with Gasteiger partial charge in [-0.05, 0) is 18.9 Å². The van der Waals surface area contributed by atoms with Crippen LogP contribution in [-0.2, 0) is 5.60 Å². The van der Waals surface area contributed by atoms with Gasteiger partial charge in [-0.3, -0.25) is 0 Å². The number of β-amino-alcohol motifs (C(OH)–C–C–N with tert-alkyl or cyclic N) is 1. The fraction of sp³-hybridized carbons (Fsp3) is 0.500. The van der Waals surface area contributed by atoms with E-state index in [9.17, 15) is 10.2 Å². The molecule has 3 N–H and O–H groups in total. The van der Waals surface area contributed by atoms with E-state index in [0.29, 0.717) is 13.0 Å². The lowest BCUT2D eigenvalue weighted by atomic mass is 9.87. The molecule has 0 radical (unpaired) electrons. The van der Waals surface area contributed by atoms with E-state index in [-0.39, 0.29) is 12.1 Å². The van der Waals surface area contributed by atoms with Gasteiger partial charge in [0.2, 0.25) is 0 Å². The summed E-state index contributed by atoms with van der Waals surface area (Å²) < 4.78 is 0. The first-order valence-electron chi connectivity index (χ1n) is 5.30. The van der Waals surface area contributed by atoms with Crippen LogP contribution >= 0.6 is 0 Å². The Balaban J connectivity index is 2.20. The minimum absolute atomic E-state index is 0.0742. The Hall–Kier alpha value is -0.900. The molecule has 1 fully saturated rings. The first kappa shape index (κ1) is 10.6. The average Bonchev–Trinajstić information content (AvgIpc) is 2.67. The average molecular weight is 207 g/mol. The number of aliphatic hydroxyl groups excluding tert-OH is 1. The topological polar surface area (TPSA) is 52.5 Å². The Morgan fingerprint density at radius 3 is 2.53 bits per heavy atom. The van der Waals surface area contributed by atoms with Crippen molar-refractivity contribution >= 4 is 0 Å². The molecule has 0 amide bonds. The third-order valence-electron chi connectivity index (χ3n) is 3.14. The molecule has 0 aliphatic carbocycles. The fourth-order valence-electron chi connectivity index (χ4n) is 2.12. The number of aliphatic hydroxyl groups is 2. The smallest absolute Gasteiger partial charge is 0.102 e. The van der Waals surface area contributed by atoms with Gasteiger partial charge in [0.1, 0.15) is 5.60 Å². The molecule has 1 saturated heterocycles. The molecule has 0 saturated carbocycles. The van der Waals surface area contributed by atoms with Crippen molar-refractivity contribution in [2.45, 2.75) is 31.1 Å². The second-order valence-electron chi connectivity index (χ2n) is 4.36. The Bertz CT molecular complexity index is 324. The molecule has 1 aromatic carbocycles. The maximum atomic E-state index is 10.4. The van der Waals surface area contributed by atoms with Gasteiger partial charge in [-0.25, -0.2) is 0 Å². The van der Waals surface area contributed by atoms with Crippen LogP contribution in [0.1, 0.15) is 18.9 Å². The van der Waals surface area contributed by atoms with Crippen LogP contribution in [0.5, 0.6) is 0 Å². The highest BCUT2D eigenvalue weighted by Crippen LogP contribution is 2.29. The molecule has 1 aliphatic rings. The summed E-state index contributed by atoms with van der Waals surface area (Å²) in [5.41, 5.74) is -0.0322. The summed E-state index contributed by atoms with van der Waals surface area (Å²) in [6, 6.07) is 9.49. The van der Waals surface area contributed by atoms with Crippen molar-refractivity contribution < 1.29 is 10.2 Å². The maximum Gasteiger partial charge on any atom is 0.102 e. The van der Waals surface area contributed by atoms with Crippen molar-refractivity contribution in [1.29, 1.82) is 0 Å². The van der Waals surface area contributed by atoms with Crippen molar-refractivity contribution in [1.82, 2.24) is 5.32 Å². The summed E-state index contributed by atoms with van der Waals surface area (Å²) in [6.07, 6.45) is 0.257. The molecule has 2 rings (SSSR count). The molecular weight excluding hydrogens is 190 g/mol. The van der Waals surface area contributed by atoms with Gasteiger partial charge in [0.25, 0.3) is 0 Å². The van der Waals surface area contributed by atoms with E-state index in [1.807, 2.05) is 30.3 Å². The molecule has 1 aliphatic heterocycles. The number of nitrogens with one attached hydrogen (secondary N) is 1. The molecule has 1 aromatic rings. The second kappa shape index (κ2) is 3.93. The molecule has 82 valence electrons. The minimum Gasteiger partial charge on any atom is -0.392 e. The first-order chi connectivity index (χ1) is 7.10. The lowest BCUT2D eigenvalue weighted by molar-refractivity contribution is 0.0178. The predicted octanol–water partition coefficient (Wildman–Crippen LogP) is 0.617. The van der Waals surface area contributed by atoms with Crippen LogP contribution in [-0.4, -0.2) is 28.9 Å². The van der Waals surface area contributed by atoms with Gasteiger partial charge in [0.15, 0.2) is 0 Å². The lowest BCUT2D eigenvalue weighted by Gasteiger charge is -2.30. The summed E-state index contributed by atoms with van der Waals surface area (Å²) in [7, 11) is 0. The van der Waals surface area contributed by atoms with Gasteiger partial charge < -0.3 is 15.5 Å². The Morgan fingerprint density at radius 2 is 2.00 bits per heavy atom. The molecule has 3 nitrogen and oxygen atoms in total. The molecule has 15 heavy (non-hydrogen) atoms. The zero-order chi connectivity index (χ0) is 10.9. The van der Waals surface area contributed by atoms with E-state index in [0.717, 1.165) is 5.56 Å². The molecule has 3 atom stereocenters. The molecular formula is C12H17NO2. The van der Waals surface area contributed by atoms with Crippen LogP contribution in [0.3, 0.4) is 0 Å². The summed E-state index contributed by atoms with van der Waals surface area (Å²) in [4.78, 5) is 0. The maximum absolute atomic E-state index is 10.4. The highest BCUT2D eigenvalue weighted by molar-refractivity contribution is 5.24. The number of hydrogen-bond donors (Lipinski definition) is 3. The van der Waals surface area contributed by atoms with Gasteiger partial charge >= 0.3 is 0 Å². The number of rotatable bonds is 2. The zero-order valence-electron chi connectivity index (χ0n) is 8.85. The van der Waals surface area contributed by atoms with Gasteiger partial charge in [-0.2, -0.15) is 0 Å². The predicted molar refractivity (Wildman–Crippen MR) is 58.4 cm³/mol. The van der Waals surface area contributed by atoms with Gasteiger partial charge in [-0.1, -0.05) is 30.3 Å². The third-order valence-corrected chi connectivity index (χ3v) is 3.14. The van der Waals surface area contributed by atoms with Crippen molar-refractivity contribution in [3.8, 4) is 0 Å².